The predicted molar refractivity (Wildman–Crippen MR) is 69.8 cm³/mol. The summed E-state index contributed by atoms with van der Waals surface area (Å²) in [7, 11) is 0. The third-order valence-electron chi connectivity index (χ3n) is 4.15. The molecular formula is C14H26N2O. The van der Waals surface area contributed by atoms with E-state index in [0.717, 1.165) is 25.9 Å². The Kier molecular flexibility index (Phi) is 3.76. The summed E-state index contributed by atoms with van der Waals surface area (Å²) in [5.41, 5.74) is 0.242. The van der Waals surface area contributed by atoms with Crippen LogP contribution in [0.4, 0.5) is 0 Å². The van der Waals surface area contributed by atoms with Crippen LogP contribution >= 0.6 is 0 Å². The highest BCUT2D eigenvalue weighted by Gasteiger charge is 2.36. The number of nitrogens with zero attached hydrogens (tertiary/aromatic N) is 1. The first-order valence-electron chi connectivity index (χ1n) is 7.02. The van der Waals surface area contributed by atoms with Gasteiger partial charge in [0.25, 0.3) is 0 Å². The zero-order valence-electron chi connectivity index (χ0n) is 11.5. The highest BCUT2D eigenvalue weighted by atomic mass is 16.2. The van der Waals surface area contributed by atoms with E-state index >= 15 is 0 Å². The third-order valence-corrected chi connectivity index (χ3v) is 4.15. The minimum atomic E-state index is 0.242. The van der Waals surface area contributed by atoms with Gasteiger partial charge < -0.3 is 5.32 Å². The van der Waals surface area contributed by atoms with Crippen LogP contribution in [0.2, 0.25) is 0 Å². The second-order valence-electron chi connectivity index (χ2n) is 6.62. The Morgan fingerprint density at radius 2 is 1.71 bits per heavy atom. The molecule has 3 nitrogen and oxygen atoms in total. The zero-order valence-corrected chi connectivity index (χ0v) is 11.5. The number of amides is 1. The minimum absolute atomic E-state index is 0.242. The Balaban J connectivity index is 1.71. The summed E-state index contributed by atoms with van der Waals surface area (Å²) < 4.78 is 0. The van der Waals surface area contributed by atoms with Gasteiger partial charge in [0.1, 0.15) is 0 Å². The van der Waals surface area contributed by atoms with Gasteiger partial charge in [0.15, 0.2) is 0 Å². The molecule has 2 rings (SSSR count). The van der Waals surface area contributed by atoms with Gasteiger partial charge in [0.05, 0.1) is 6.04 Å². The van der Waals surface area contributed by atoms with Gasteiger partial charge in [-0.15, -0.1) is 0 Å². The summed E-state index contributed by atoms with van der Waals surface area (Å²) in [5.74, 6) is 0.607. The van der Waals surface area contributed by atoms with Gasteiger partial charge in [0.2, 0.25) is 5.91 Å². The minimum Gasteiger partial charge on any atom is -0.351 e. The van der Waals surface area contributed by atoms with E-state index in [4.69, 9.17) is 0 Å². The number of carbonyl (C=O) groups is 1. The molecule has 1 saturated carbocycles. The molecule has 17 heavy (non-hydrogen) atoms. The lowest BCUT2D eigenvalue weighted by Gasteiger charge is -2.48. The Hall–Kier alpha value is -0.570. The van der Waals surface area contributed by atoms with Crippen molar-refractivity contribution in [3.8, 4) is 0 Å². The van der Waals surface area contributed by atoms with Crippen molar-refractivity contribution >= 4 is 5.91 Å². The molecule has 0 aromatic carbocycles. The van der Waals surface area contributed by atoms with E-state index in [0.29, 0.717) is 17.9 Å². The molecule has 1 heterocycles. The highest BCUT2D eigenvalue weighted by Crippen LogP contribution is 2.25. The van der Waals surface area contributed by atoms with Crippen LogP contribution in [-0.2, 0) is 4.79 Å². The van der Waals surface area contributed by atoms with Gasteiger partial charge in [-0.25, -0.2) is 0 Å². The van der Waals surface area contributed by atoms with Crippen LogP contribution in [0.5, 0.6) is 0 Å². The largest absolute Gasteiger partial charge is 0.351 e. The standard InChI is InChI=1S/C14H26N2O/c1-14(2,3)16-9-12(10-16)15-13(17)11-7-5-4-6-8-11/h11-12H,4-10H2,1-3H3,(H,15,17). The Bertz CT molecular complexity index is 270. The van der Waals surface area contributed by atoms with Gasteiger partial charge in [-0.1, -0.05) is 19.3 Å². The monoisotopic (exact) mass is 238 g/mol. The van der Waals surface area contributed by atoms with Gasteiger partial charge in [-0.2, -0.15) is 0 Å². The maximum atomic E-state index is 12.0. The molecule has 0 radical (unpaired) electrons. The average Bonchev–Trinajstić information content (AvgIpc) is 2.22. The van der Waals surface area contributed by atoms with Crippen molar-refractivity contribution in [2.24, 2.45) is 5.92 Å². The lowest BCUT2D eigenvalue weighted by molar-refractivity contribution is -0.128. The van der Waals surface area contributed by atoms with E-state index < -0.39 is 0 Å². The SMILES string of the molecule is CC(C)(C)N1CC(NC(=O)C2CCCCC2)C1. The maximum Gasteiger partial charge on any atom is 0.223 e. The second kappa shape index (κ2) is 4.97. The lowest BCUT2D eigenvalue weighted by Crippen LogP contribution is -2.65. The van der Waals surface area contributed by atoms with Crippen molar-refractivity contribution < 1.29 is 4.79 Å². The second-order valence-corrected chi connectivity index (χ2v) is 6.62. The van der Waals surface area contributed by atoms with Crippen LogP contribution in [0.3, 0.4) is 0 Å². The van der Waals surface area contributed by atoms with Gasteiger partial charge >= 0.3 is 0 Å². The summed E-state index contributed by atoms with van der Waals surface area (Å²) >= 11 is 0. The first kappa shape index (κ1) is 12.9. The molecule has 1 aliphatic carbocycles. The van der Waals surface area contributed by atoms with Gasteiger partial charge in [-0.05, 0) is 33.6 Å². The molecule has 98 valence electrons. The third kappa shape index (κ3) is 3.21. The molecule has 0 aromatic heterocycles. The molecule has 1 N–H and O–H groups in total. The topological polar surface area (TPSA) is 32.3 Å². The summed E-state index contributed by atoms with van der Waals surface area (Å²) in [5, 5.41) is 3.21. The van der Waals surface area contributed by atoms with E-state index in [1.54, 1.807) is 0 Å². The van der Waals surface area contributed by atoms with E-state index in [-0.39, 0.29) is 5.54 Å². The van der Waals surface area contributed by atoms with Gasteiger partial charge in [-0.3, -0.25) is 9.69 Å². The van der Waals surface area contributed by atoms with Crippen LogP contribution in [0.15, 0.2) is 0 Å². The molecule has 2 fully saturated rings. The number of nitrogens with one attached hydrogen (secondary N) is 1. The lowest BCUT2D eigenvalue weighted by atomic mass is 9.88. The van der Waals surface area contributed by atoms with Crippen molar-refractivity contribution in [3.05, 3.63) is 0 Å². The van der Waals surface area contributed by atoms with Crippen LogP contribution < -0.4 is 5.32 Å². The number of likely N-dealkylation sites (tertiary alicyclic amines) is 1. The molecule has 0 bridgehead atoms. The maximum absolute atomic E-state index is 12.0. The van der Waals surface area contributed by atoms with Crippen LogP contribution in [-0.4, -0.2) is 35.5 Å². The number of hydrogen-bond acceptors (Lipinski definition) is 2. The molecule has 0 unspecified atom stereocenters. The molecule has 3 heteroatoms. The first-order chi connectivity index (χ1) is 7.97. The average molecular weight is 238 g/mol. The quantitative estimate of drug-likeness (QED) is 0.799. The summed E-state index contributed by atoms with van der Waals surface area (Å²) in [6.07, 6.45) is 5.97. The Morgan fingerprint density at radius 1 is 1.12 bits per heavy atom. The predicted octanol–water partition coefficient (Wildman–Crippen LogP) is 2.17. The molecule has 2 aliphatic rings. The molecule has 0 spiro atoms. The van der Waals surface area contributed by atoms with Crippen molar-refractivity contribution in [1.82, 2.24) is 10.2 Å². The molecule has 1 saturated heterocycles. The van der Waals surface area contributed by atoms with Crippen molar-refractivity contribution in [2.45, 2.75) is 64.5 Å². The van der Waals surface area contributed by atoms with E-state index in [2.05, 4.69) is 31.0 Å². The highest BCUT2D eigenvalue weighted by molar-refractivity contribution is 5.79. The van der Waals surface area contributed by atoms with Gasteiger partial charge in [0, 0.05) is 24.5 Å². The summed E-state index contributed by atoms with van der Waals surface area (Å²) in [6, 6.07) is 0.392. The van der Waals surface area contributed by atoms with Crippen LogP contribution in [0.25, 0.3) is 0 Å². The first-order valence-corrected chi connectivity index (χ1v) is 7.02. The van der Waals surface area contributed by atoms with Crippen LogP contribution in [0.1, 0.15) is 52.9 Å². The number of hydrogen-bond donors (Lipinski definition) is 1. The van der Waals surface area contributed by atoms with Crippen molar-refractivity contribution in [2.75, 3.05) is 13.1 Å². The number of carbonyl (C=O) groups excluding carboxylic acids is 1. The molecular weight excluding hydrogens is 212 g/mol. The van der Waals surface area contributed by atoms with E-state index in [1.165, 1.54) is 19.3 Å². The normalized spacial score (nSPS) is 24.4. The summed E-state index contributed by atoms with van der Waals surface area (Å²) in [4.78, 5) is 14.4. The molecule has 0 aromatic rings. The molecule has 1 amide bonds. The fourth-order valence-electron chi connectivity index (χ4n) is 2.80. The van der Waals surface area contributed by atoms with Crippen molar-refractivity contribution in [3.63, 3.8) is 0 Å². The van der Waals surface area contributed by atoms with E-state index in [1.807, 2.05) is 0 Å². The van der Waals surface area contributed by atoms with Crippen LogP contribution in [0, 0.1) is 5.92 Å². The summed E-state index contributed by atoms with van der Waals surface area (Å²) in [6.45, 7) is 8.72. The Morgan fingerprint density at radius 3 is 2.24 bits per heavy atom. The van der Waals surface area contributed by atoms with E-state index in [9.17, 15) is 4.79 Å². The number of rotatable bonds is 2. The fraction of sp³-hybridized carbons (Fsp3) is 0.929. The Labute approximate surface area is 105 Å². The zero-order chi connectivity index (χ0) is 12.5. The smallest absolute Gasteiger partial charge is 0.223 e. The molecule has 0 atom stereocenters. The van der Waals surface area contributed by atoms with Crippen molar-refractivity contribution in [1.29, 1.82) is 0 Å². The molecule has 1 aliphatic heterocycles. The fourth-order valence-corrected chi connectivity index (χ4v) is 2.80.